The molecule has 4 heteroatoms. The molecule has 20 heavy (non-hydrogen) atoms. The van der Waals surface area contributed by atoms with Crippen LogP contribution >= 0.6 is 0 Å². The molecule has 4 nitrogen and oxygen atoms in total. The highest BCUT2D eigenvalue weighted by atomic mass is 15.2. The van der Waals surface area contributed by atoms with Crippen LogP contribution in [-0.4, -0.2) is 15.2 Å². The Morgan fingerprint density at radius 2 is 1.60 bits per heavy atom. The molecule has 2 N–H and O–H groups in total. The molecule has 106 valence electrons. The van der Waals surface area contributed by atoms with E-state index in [1.54, 1.807) is 6.20 Å². The predicted molar refractivity (Wildman–Crippen MR) is 86.3 cm³/mol. The monoisotopic (exact) mass is 270 g/mol. The minimum atomic E-state index is 0.752. The highest BCUT2D eigenvalue weighted by Gasteiger charge is 2.05. The van der Waals surface area contributed by atoms with Gasteiger partial charge in [0.05, 0.1) is 5.52 Å². The summed E-state index contributed by atoms with van der Waals surface area (Å²) in [5.41, 5.74) is 2.79. The van der Waals surface area contributed by atoms with Crippen molar-refractivity contribution in [2.24, 2.45) is 0 Å². The van der Waals surface area contributed by atoms with Crippen LogP contribution in [0.4, 0.5) is 11.5 Å². The molecule has 0 aliphatic rings. The minimum Gasteiger partial charge on any atom is -0.337 e. The van der Waals surface area contributed by atoms with Crippen LogP contribution in [0.5, 0.6) is 0 Å². The molecular weight excluding hydrogens is 248 g/mol. The molecule has 0 fully saturated rings. The first kappa shape index (κ1) is 15.7. The Hall–Kier alpha value is -2.36. The number of hydrogen-bond donors (Lipinski definition) is 2. The molecule has 1 aromatic carbocycles. The van der Waals surface area contributed by atoms with Crippen molar-refractivity contribution in [1.29, 1.82) is 0 Å². The lowest BCUT2D eigenvalue weighted by Crippen LogP contribution is -1.90. The summed E-state index contributed by atoms with van der Waals surface area (Å²) in [6.45, 7) is 8.00. The van der Waals surface area contributed by atoms with Gasteiger partial charge in [0.1, 0.15) is 5.52 Å². The minimum absolute atomic E-state index is 0.752. The third-order valence-corrected chi connectivity index (χ3v) is 2.36. The highest BCUT2D eigenvalue weighted by Crippen LogP contribution is 2.20. The van der Waals surface area contributed by atoms with Crippen LogP contribution in [-0.2, 0) is 0 Å². The number of pyridine rings is 1. The van der Waals surface area contributed by atoms with Gasteiger partial charge in [0.2, 0.25) is 0 Å². The van der Waals surface area contributed by atoms with Crippen molar-refractivity contribution in [3.8, 4) is 0 Å². The van der Waals surface area contributed by atoms with E-state index in [1.807, 2.05) is 70.2 Å². The summed E-state index contributed by atoms with van der Waals surface area (Å²) in [7, 11) is 0. The molecule has 0 aliphatic heterocycles. The van der Waals surface area contributed by atoms with Crippen LogP contribution in [0.1, 0.15) is 27.7 Å². The van der Waals surface area contributed by atoms with E-state index in [9.17, 15) is 0 Å². The maximum Gasteiger partial charge on any atom is 0.178 e. The van der Waals surface area contributed by atoms with Crippen molar-refractivity contribution in [2.75, 3.05) is 5.32 Å². The maximum atomic E-state index is 4.28. The summed E-state index contributed by atoms with van der Waals surface area (Å²) in [6, 6.07) is 13.7. The molecule has 0 saturated heterocycles. The Morgan fingerprint density at radius 1 is 0.900 bits per heavy atom. The number of benzene rings is 1. The van der Waals surface area contributed by atoms with E-state index in [0.29, 0.717) is 0 Å². The zero-order valence-electron chi connectivity index (χ0n) is 12.5. The Kier molecular flexibility index (Phi) is 6.82. The predicted octanol–water partition coefficient (Wildman–Crippen LogP) is 4.75. The third-order valence-electron chi connectivity index (χ3n) is 2.36. The fourth-order valence-electron chi connectivity index (χ4n) is 1.60. The second-order valence-corrected chi connectivity index (χ2v) is 3.46. The van der Waals surface area contributed by atoms with Crippen LogP contribution in [0.15, 0.2) is 48.7 Å². The highest BCUT2D eigenvalue weighted by molar-refractivity contribution is 5.87. The molecule has 0 radical (unpaired) electrons. The summed E-state index contributed by atoms with van der Waals surface area (Å²) >= 11 is 0. The molecule has 0 atom stereocenters. The molecule has 0 unspecified atom stereocenters. The van der Waals surface area contributed by atoms with Crippen molar-refractivity contribution in [3.63, 3.8) is 0 Å². The molecule has 0 aliphatic carbocycles. The van der Waals surface area contributed by atoms with Crippen LogP contribution in [0, 0.1) is 0 Å². The number of rotatable bonds is 2. The summed E-state index contributed by atoms with van der Waals surface area (Å²) in [4.78, 5) is 4.28. The second kappa shape index (κ2) is 8.69. The van der Waals surface area contributed by atoms with Crippen molar-refractivity contribution in [3.05, 3.63) is 48.7 Å². The van der Waals surface area contributed by atoms with Crippen molar-refractivity contribution < 1.29 is 0 Å². The third kappa shape index (κ3) is 3.82. The number of fused-ring (bicyclic) bond motifs is 1. The zero-order valence-corrected chi connectivity index (χ0v) is 12.5. The average molecular weight is 270 g/mol. The van der Waals surface area contributed by atoms with Gasteiger partial charge in [0.25, 0.3) is 0 Å². The Labute approximate surface area is 120 Å². The van der Waals surface area contributed by atoms with Gasteiger partial charge in [-0.05, 0) is 24.3 Å². The van der Waals surface area contributed by atoms with Crippen molar-refractivity contribution >= 4 is 22.5 Å². The van der Waals surface area contributed by atoms with Crippen molar-refractivity contribution in [2.45, 2.75) is 27.7 Å². The van der Waals surface area contributed by atoms with Gasteiger partial charge in [-0.25, -0.2) is 0 Å². The van der Waals surface area contributed by atoms with Crippen molar-refractivity contribution in [1.82, 2.24) is 15.2 Å². The van der Waals surface area contributed by atoms with E-state index in [-0.39, 0.29) is 0 Å². The summed E-state index contributed by atoms with van der Waals surface area (Å²) in [5.74, 6) is 0.752. The molecule has 3 rings (SSSR count). The number of nitrogens with one attached hydrogen (secondary N) is 2. The Balaban J connectivity index is 0.000000461. The number of hydrogen-bond acceptors (Lipinski definition) is 3. The van der Waals surface area contributed by atoms with E-state index >= 15 is 0 Å². The number of aromatic nitrogens is 3. The summed E-state index contributed by atoms with van der Waals surface area (Å²) in [6.07, 6.45) is 1.76. The Bertz CT molecular complexity index is 602. The normalized spacial score (nSPS) is 9.00. The lowest BCUT2D eigenvalue weighted by molar-refractivity contribution is 1.12. The average Bonchev–Trinajstić information content (AvgIpc) is 2.96. The van der Waals surface area contributed by atoms with Gasteiger partial charge in [-0.1, -0.05) is 45.9 Å². The second-order valence-electron chi connectivity index (χ2n) is 3.46. The molecule has 0 spiro atoms. The van der Waals surface area contributed by atoms with E-state index in [2.05, 4.69) is 20.5 Å². The Morgan fingerprint density at radius 3 is 2.30 bits per heavy atom. The van der Waals surface area contributed by atoms with Crippen LogP contribution in [0.2, 0.25) is 0 Å². The van der Waals surface area contributed by atoms with E-state index in [1.165, 1.54) is 0 Å². The first-order valence-corrected chi connectivity index (χ1v) is 7.05. The lowest BCUT2D eigenvalue weighted by Gasteiger charge is -2.01. The first-order chi connectivity index (χ1) is 9.93. The smallest absolute Gasteiger partial charge is 0.178 e. The van der Waals surface area contributed by atoms with Gasteiger partial charge in [-0.2, -0.15) is 5.10 Å². The van der Waals surface area contributed by atoms with Gasteiger partial charge in [-0.15, -0.1) is 0 Å². The largest absolute Gasteiger partial charge is 0.337 e. The molecule has 0 amide bonds. The summed E-state index contributed by atoms with van der Waals surface area (Å²) in [5, 5.41) is 10.3. The quantitative estimate of drug-likeness (QED) is 0.706. The zero-order chi connectivity index (χ0) is 14.8. The molecule has 0 bridgehead atoms. The summed E-state index contributed by atoms with van der Waals surface area (Å²) < 4.78 is 0. The molecule has 2 heterocycles. The maximum absolute atomic E-state index is 4.28. The van der Waals surface area contributed by atoms with E-state index in [0.717, 1.165) is 22.5 Å². The number of aromatic amines is 1. The number of anilines is 2. The van der Waals surface area contributed by atoms with Gasteiger partial charge in [-0.3, -0.25) is 10.1 Å². The van der Waals surface area contributed by atoms with E-state index in [4.69, 9.17) is 0 Å². The van der Waals surface area contributed by atoms with Crippen LogP contribution in [0.3, 0.4) is 0 Å². The first-order valence-electron chi connectivity index (χ1n) is 7.05. The molecule has 3 aromatic rings. The fourth-order valence-corrected chi connectivity index (χ4v) is 1.60. The van der Waals surface area contributed by atoms with E-state index < -0.39 is 0 Å². The van der Waals surface area contributed by atoms with Crippen LogP contribution < -0.4 is 5.32 Å². The van der Waals surface area contributed by atoms with Gasteiger partial charge < -0.3 is 5.32 Å². The fraction of sp³-hybridized carbons (Fsp3) is 0.250. The van der Waals surface area contributed by atoms with Gasteiger partial charge >= 0.3 is 0 Å². The number of H-pyrrole nitrogens is 1. The number of para-hydroxylation sites is 1. The molecule has 2 aromatic heterocycles. The van der Waals surface area contributed by atoms with Gasteiger partial charge in [0.15, 0.2) is 5.82 Å². The van der Waals surface area contributed by atoms with Gasteiger partial charge in [0, 0.05) is 11.9 Å². The number of nitrogens with zero attached hydrogens (tertiary/aromatic N) is 2. The SMILES string of the molecule is CC.CC.c1ccc(Nc2n[nH]c3cccnc23)cc1. The molecular formula is C16H22N4. The van der Waals surface area contributed by atoms with Crippen LogP contribution in [0.25, 0.3) is 11.0 Å². The lowest BCUT2D eigenvalue weighted by atomic mass is 10.3. The topological polar surface area (TPSA) is 53.6 Å². The standard InChI is InChI=1S/C12H10N4.2C2H6/c1-2-5-9(6-3-1)14-12-11-10(15-16-12)7-4-8-13-11;2*1-2/h1-8H,(H2,14,15,16);2*1-2H3. The molecule has 0 saturated carbocycles.